The maximum Gasteiger partial charge on any atom is 0.272 e. The first-order chi connectivity index (χ1) is 11.1. The molecule has 1 aromatic heterocycles. The number of fused-ring (bicyclic) bond motifs is 1. The molecule has 5 nitrogen and oxygen atoms in total. The van der Waals surface area contributed by atoms with Crippen molar-refractivity contribution < 1.29 is 14.3 Å². The molecule has 1 amide bonds. The second kappa shape index (κ2) is 6.04. The number of ether oxygens (including phenoxy) is 2. The van der Waals surface area contributed by atoms with E-state index in [1.807, 2.05) is 25.1 Å². The van der Waals surface area contributed by atoms with E-state index in [-0.39, 0.29) is 5.91 Å². The second-order valence-electron chi connectivity index (χ2n) is 5.22. The van der Waals surface area contributed by atoms with Crippen LogP contribution in [-0.2, 0) is 0 Å². The Labute approximate surface area is 134 Å². The van der Waals surface area contributed by atoms with E-state index < -0.39 is 0 Å². The van der Waals surface area contributed by atoms with Crippen molar-refractivity contribution in [2.75, 3.05) is 19.5 Å². The predicted octanol–water partition coefficient (Wildman–Crippen LogP) is 3.75. The minimum Gasteiger partial charge on any atom is -0.497 e. The number of methoxy groups -OCH3 is 2. The maximum atomic E-state index is 12.5. The summed E-state index contributed by atoms with van der Waals surface area (Å²) in [7, 11) is 3.23. The first kappa shape index (κ1) is 15.0. The normalized spacial score (nSPS) is 10.6. The third kappa shape index (κ3) is 2.85. The molecule has 23 heavy (non-hydrogen) atoms. The number of hydrogen-bond acceptors (Lipinski definition) is 3. The Balaban J connectivity index is 1.89. The van der Waals surface area contributed by atoms with E-state index in [2.05, 4.69) is 10.3 Å². The van der Waals surface area contributed by atoms with E-state index in [9.17, 15) is 4.79 Å². The highest BCUT2D eigenvalue weighted by Gasteiger charge is 2.15. The number of hydrogen-bond donors (Lipinski definition) is 2. The summed E-state index contributed by atoms with van der Waals surface area (Å²) >= 11 is 0. The molecule has 0 radical (unpaired) electrons. The number of aromatic amines is 1. The smallest absolute Gasteiger partial charge is 0.272 e. The number of amides is 1. The van der Waals surface area contributed by atoms with Gasteiger partial charge in [0.15, 0.2) is 0 Å². The molecule has 0 spiro atoms. The molecule has 0 aliphatic heterocycles. The van der Waals surface area contributed by atoms with Gasteiger partial charge in [-0.3, -0.25) is 4.79 Å². The number of aryl methyl sites for hydroxylation is 1. The highest BCUT2D eigenvalue weighted by Crippen LogP contribution is 2.26. The number of carbonyl (C=O) groups is 1. The molecule has 5 heteroatoms. The molecule has 2 aromatic carbocycles. The molecule has 0 fully saturated rings. The van der Waals surface area contributed by atoms with Gasteiger partial charge in [0.25, 0.3) is 5.91 Å². The topological polar surface area (TPSA) is 63.3 Å². The van der Waals surface area contributed by atoms with Crippen LogP contribution in [0.15, 0.2) is 42.5 Å². The first-order valence-electron chi connectivity index (χ1n) is 7.24. The number of carbonyl (C=O) groups excluding carboxylic acids is 1. The van der Waals surface area contributed by atoms with Gasteiger partial charge in [0.05, 0.1) is 14.2 Å². The van der Waals surface area contributed by atoms with Crippen LogP contribution < -0.4 is 14.8 Å². The van der Waals surface area contributed by atoms with E-state index in [1.54, 1.807) is 38.5 Å². The van der Waals surface area contributed by atoms with Crippen molar-refractivity contribution in [3.8, 4) is 11.5 Å². The number of aromatic nitrogens is 1. The fraction of sp³-hybridized carbons (Fsp3) is 0.167. The van der Waals surface area contributed by atoms with Gasteiger partial charge >= 0.3 is 0 Å². The minimum atomic E-state index is -0.178. The molecule has 3 rings (SSSR count). The Morgan fingerprint density at radius 1 is 1.00 bits per heavy atom. The van der Waals surface area contributed by atoms with Crippen LogP contribution >= 0.6 is 0 Å². The zero-order valence-corrected chi connectivity index (χ0v) is 13.3. The second-order valence-corrected chi connectivity index (χ2v) is 5.22. The summed E-state index contributed by atoms with van der Waals surface area (Å²) in [5, 5.41) is 3.89. The molecular weight excluding hydrogens is 292 g/mol. The van der Waals surface area contributed by atoms with Gasteiger partial charge < -0.3 is 19.8 Å². The van der Waals surface area contributed by atoms with Crippen LogP contribution in [0.1, 0.15) is 16.1 Å². The highest BCUT2D eigenvalue weighted by molar-refractivity contribution is 6.07. The van der Waals surface area contributed by atoms with Crippen LogP contribution in [0.3, 0.4) is 0 Å². The van der Waals surface area contributed by atoms with E-state index in [1.165, 1.54) is 0 Å². The summed E-state index contributed by atoms with van der Waals surface area (Å²) in [5.41, 5.74) is 3.05. The van der Waals surface area contributed by atoms with Crippen LogP contribution in [0.4, 0.5) is 5.69 Å². The molecule has 0 atom stereocenters. The average Bonchev–Trinajstić information content (AvgIpc) is 2.92. The van der Waals surface area contributed by atoms with Gasteiger partial charge in [0.1, 0.15) is 17.2 Å². The van der Waals surface area contributed by atoms with Crippen molar-refractivity contribution in [3.05, 3.63) is 53.7 Å². The van der Waals surface area contributed by atoms with Gasteiger partial charge in [-0.1, -0.05) is 0 Å². The van der Waals surface area contributed by atoms with E-state index in [0.29, 0.717) is 11.4 Å². The van der Waals surface area contributed by atoms with Crippen LogP contribution in [0, 0.1) is 6.92 Å². The van der Waals surface area contributed by atoms with E-state index in [0.717, 1.165) is 28.0 Å². The lowest BCUT2D eigenvalue weighted by molar-refractivity contribution is 0.102. The fourth-order valence-corrected chi connectivity index (χ4v) is 2.54. The van der Waals surface area contributed by atoms with E-state index >= 15 is 0 Å². The number of nitrogens with one attached hydrogen (secondary N) is 2. The standard InChI is InChI=1S/C18H18N2O3/c1-11-15-9-8-14(23-3)10-16(15)20-17(11)18(21)19-12-4-6-13(22-2)7-5-12/h4-10,20H,1-3H3,(H,19,21). The Kier molecular flexibility index (Phi) is 3.93. The van der Waals surface area contributed by atoms with Crippen molar-refractivity contribution in [1.82, 2.24) is 4.98 Å². The molecular formula is C18H18N2O3. The number of H-pyrrole nitrogens is 1. The monoisotopic (exact) mass is 310 g/mol. The van der Waals surface area contributed by atoms with Crippen molar-refractivity contribution in [3.63, 3.8) is 0 Å². The average molecular weight is 310 g/mol. The Bertz CT molecular complexity index is 851. The summed E-state index contributed by atoms with van der Waals surface area (Å²) in [5.74, 6) is 1.32. The predicted molar refractivity (Wildman–Crippen MR) is 90.5 cm³/mol. The molecule has 0 aliphatic carbocycles. The molecule has 118 valence electrons. The summed E-state index contributed by atoms with van der Waals surface area (Å²) in [6.45, 7) is 1.92. The molecule has 3 aromatic rings. The summed E-state index contributed by atoms with van der Waals surface area (Å²) in [6, 6.07) is 12.9. The van der Waals surface area contributed by atoms with Crippen molar-refractivity contribution in [2.24, 2.45) is 0 Å². The van der Waals surface area contributed by atoms with Gasteiger partial charge in [-0.05, 0) is 48.9 Å². The Morgan fingerprint density at radius 2 is 1.65 bits per heavy atom. The lowest BCUT2D eigenvalue weighted by Crippen LogP contribution is -2.13. The van der Waals surface area contributed by atoms with Crippen LogP contribution in [0.2, 0.25) is 0 Å². The lowest BCUT2D eigenvalue weighted by Gasteiger charge is -2.06. The van der Waals surface area contributed by atoms with Gasteiger partial charge in [0, 0.05) is 22.7 Å². The molecule has 0 saturated heterocycles. The molecule has 2 N–H and O–H groups in total. The van der Waals surface area contributed by atoms with Crippen LogP contribution in [0.25, 0.3) is 10.9 Å². The third-order valence-electron chi connectivity index (χ3n) is 3.84. The quantitative estimate of drug-likeness (QED) is 0.771. The number of rotatable bonds is 4. The zero-order valence-electron chi connectivity index (χ0n) is 13.3. The maximum absolute atomic E-state index is 12.5. The summed E-state index contributed by atoms with van der Waals surface area (Å²) < 4.78 is 10.3. The lowest BCUT2D eigenvalue weighted by atomic mass is 10.1. The van der Waals surface area contributed by atoms with Crippen LogP contribution in [0.5, 0.6) is 11.5 Å². The van der Waals surface area contributed by atoms with Crippen molar-refractivity contribution >= 4 is 22.5 Å². The molecule has 0 unspecified atom stereocenters. The summed E-state index contributed by atoms with van der Waals surface area (Å²) in [4.78, 5) is 15.7. The summed E-state index contributed by atoms with van der Waals surface area (Å²) in [6.07, 6.45) is 0. The molecule has 0 bridgehead atoms. The van der Waals surface area contributed by atoms with Gasteiger partial charge in [-0.2, -0.15) is 0 Å². The SMILES string of the molecule is COc1ccc(NC(=O)c2[nH]c3cc(OC)ccc3c2C)cc1. The Hall–Kier alpha value is -2.95. The highest BCUT2D eigenvalue weighted by atomic mass is 16.5. The van der Waals surface area contributed by atoms with Gasteiger partial charge in [-0.15, -0.1) is 0 Å². The molecule has 0 aliphatic rings. The third-order valence-corrected chi connectivity index (χ3v) is 3.84. The fourth-order valence-electron chi connectivity index (χ4n) is 2.54. The van der Waals surface area contributed by atoms with Crippen LogP contribution in [-0.4, -0.2) is 25.1 Å². The molecule has 1 heterocycles. The largest absolute Gasteiger partial charge is 0.497 e. The number of anilines is 1. The van der Waals surface area contributed by atoms with Gasteiger partial charge in [0.2, 0.25) is 0 Å². The Morgan fingerprint density at radius 3 is 2.30 bits per heavy atom. The zero-order chi connectivity index (χ0) is 16.4. The number of benzene rings is 2. The minimum absolute atomic E-state index is 0.178. The first-order valence-corrected chi connectivity index (χ1v) is 7.24. The van der Waals surface area contributed by atoms with Gasteiger partial charge in [-0.25, -0.2) is 0 Å². The van der Waals surface area contributed by atoms with Crippen molar-refractivity contribution in [1.29, 1.82) is 0 Å². The van der Waals surface area contributed by atoms with Crippen molar-refractivity contribution in [2.45, 2.75) is 6.92 Å². The molecule has 0 saturated carbocycles. The van der Waals surface area contributed by atoms with E-state index in [4.69, 9.17) is 9.47 Å².